The summed E-state index contributed by atoms with van der Waals surface area (Å²) in [6.45, 7) is 2.18. The summed E-state index contributed by atoms with van der Waals surface area (Å²) in [5, 5.41) is 2.99. The van der Waals surface area contributed by atoms with Gasteiger partial charge in [-0.2, -0.15) is 0 Å². The van der Waals surface area contributed by atoms with Gasteiger partial charge in [0.1, 0.15) is 12.4 Å². The van der Waals surface area contributed by atoms with Crippen LogP contribution in [-0.4, -0.2) is 21.9 Å². The van der Waals surface area contributed by atoms with Gasteiger partial charge in [-0.3, -0.25) is 14.4 Å². The van der Waals surface area contributed by atoms with Crippen molar-refractivity contribution >= 4 is 29.0 Å². The van der Waals surface area contributed by atoms with Gasteiger partial charge in [0.2, 0.25) is 6.41 Å². The maximum absolute atomic E-state index is 14.2. The second-order valence-electron chi connectivity index (χ2n) is 7.21. The summed E-state index contributed by atoms with van der Waals surface area (Å²) in [5.74, 6) is -1.39. The first-order valence-electron chi connectivity index (χ1n) is 9.28. The molecule has 1 unspecified atom stereocenters. The van der Waals surface area contributed by atoms with Gasteiger partial charge in [0.25, 0.3) is 5.56 Å². The molecule has 2 aromatic heterocycles. The van der Waals surface area contributed by atoms with Gasteiger partial charge in [-0.1, -0.05) is 6.92 Å². The van der Waals surface area contributed by atoms with Gasteiger partial charge in [0.05, 0.1) is 40.6 Å². The van der Waals surface area contributed by atoms with Crippen molar-refractivity contribution in [1.82, 2.24) is 9.55 Å². The van der Waals surface area contributed by atoms with E-state index in [2.05, 4.69) is 10.3 Å². The maximum atomic E-state index is 14.2. The van der Waals surface area contributed by atoms with Crippen LogP contribution in [0.5, 0.6) is 0 Å². The minimum atomic E-state index is -0.591. The Morgan fingerprint density at radius 2 is 2.14 bits per heavy atom. The molecule has 2 aliphatic rings. The van der Waals surface area contributed by atoms with E-state index in [0.717, 1.165) is 5.56 Å². The number of amides is 1. The first kappa shape index (κ1) is 17.5. The van der Waals surface area contributed by atoms with Crippen LogP contribution in [0.3, 0.4) is 0 Å². The SMILES string of the molecule is CCC1C(=O)OCc2c1cc1n(c2=O)Cc2cc3cc(NC=O)c(F)cc3nc2-1. The standard InChI is InChI=1S/C21H16FN3O4/c1-2-12-13-5-18-19-11(7-25(18)20(27)14(13)8-29-21(12)28)3-10-4-17(23-9-26)15(22)6-16(10)24-19/h3-6,9,12H,2,7-8H2,1H3,(H,23,26). The number of halogens is 1. The van der Waals surface area contributed by atoms with E-state index in [9.17, 15) is 18.8 Å². The third-order valence-corrected chi connectivity index (χ3v) is 5.63. The smallest absolute Gasteiger partial charge is 0.313 e. The highest BCUT2D eigenvalue weighted by atomic mass is 19.1. The Labute approximate surface area is 164 Å². The van der Waals surface area contributed by atoms with E-state index in [0.29, 0.717) is 52.8 Å². The molecule has 0 spiro atoms. The summed E-state index contributed by atoms with van der Waals surface area (Å²) >= 11 is 0. The van der Waals surface area contributed by atoms with Gasteiger partial charge in [0, 0.05) is 17.0 Å². The van der Waals surface area contributed by atoms with Gasteiger partial charge in [0.15, 0.2) is 0 Å². The van der Waals surface area contributed by atoms with Crippen LogP contribution >= 0.6 is 0 Å². The predicted octanol–water partition coefficient (Wildman–Crippen LogP) is 2.68. The number of benzene rings is 1. The van der Waals surface area contributed by atoms with Crippen molar-refractivity contribution in [3.8, 4) is 11.4 Å². The zero-order chi connectivity index (χ0) is 20.3. The number of pyridine rings is 2. The second kappa shape index (κ2) is 6.23. The first-order valence-corrected chi connectivity index (χ1v) is 9.28. The van der Waals surface area contributed by atoms with Gasteiger partial charge < -0.3 is 14.6 Å². The van der Waals surface area contributed by atoms with Gasteiger partial charge in [-0.05, 0) is 30.2 Å². The largest absolute Gasteiger partial charge is 0.460 e. The lowest BCUT2D eigenvalue weighted by atomic mass is 9.90. The highest BCUT2D eigenvalue weighted by molar-refractivity contribution is 5.89. The van der Waals surface area contributed by atoms with E-state index in [-0.39, 0.29) is 23.8 Å². The molecule has 1 N–H and O–H groups in total. The third kappa shape index (κ3) is 2.48. The number of hydrogen-bond donors (Lipinski definition) is 1. The highest BCUT2D eigenvalue weighted by Crippen LogP contribution is 2.37. The van der Waals surface area contributed by atoms with Crippen LogP contribution in [0, 0.1) is 5.82 Å². The molecule has 1 aromatic carbocycles. The molecule has 0 radical (unpaired) electrons. The molecular weight excluding hydrogens is 377 g/mol. The highest BCUT2D eigenvalue weighted by Gasteiger charge is 2.33. The zero-order valence-corrected chi connectivity index (χ0v) is 15.5. The van der Waals surface area contributed by atoms with Crippen LogP contribution in [0.1, 0.15) is 36.0 Å². The summed E-state index contributed by atoms with van der Waals surface area (Å²) < 4.78 is 21.0. The average molecular weight is 393 g/mol. The fraction of sp³-hybridized carbons (Fsp3) is 0.238. The Kier molecular flexibility index (Phi) is 3.77. The lowest BCUT2D eigenvalue weighted by Gasteiger charge is -2.24. The fourth-order valence-electron chi connectivity index (χ4n) is 4.20. The number of nitrogens with zero attached hydrogens (tertiary/aromatic N) is 2. The predicted molar refractivity (Wildman–Crippen MR) is 103 cm³/mol. The van der Waals surface area contributed by atoms with Gasteiger partial charge >= 0.3 is 5.97 Å². The first-order chi connectivity index (χ1) is 14.0. The van der Waals surface area contributed by atoms with Gasteiger partial charge in [-0.15, -0.1) is 0 Å². The number of anilines is 1. The van der Waals surface area contributed by atoms with Crippen molar-refractivity contribution in [2.75, 3.05) is 5.32 Å². The van der Waals surface area contributed by atoms with E-state index >= 15 is 0 Å². The number of carbonyl (C=O) groups is 2. The number of nitrogens with one attached hydrogen (secondary N) is 1. The topological polar surface area (TPSA) is 90.3 Å². The van der Waals surface area contributed by atoms with Crippen LogP contribution in [0.25, 0.3) is 22.3 Å². The van der Waals surface area contributed by atoms with Crippen molar-refractivity contribution in [2.24, 2.45) is 0 Å². The number of cyclic esters (lactones) is 1. The molecule has 2 aliphatic heterocycles. The Morgan fingerprint density at radius 3 is 2.90 bits per heavy atom. The monoisotopic (exact) mass is 393 g/mol. The molecule has 0 bridgehead atoms. The van der Waals surface area contributed by atoms with Crippen LogP contribution in [0.15, 0.2) is 29.1 Å². The van der Waals surface area contributed by atoms with E-state index in [1.54, 1.807) is 4.57 Å². The third-order valence-electron chi connectivity index (χ3n) is 5.63. The molecular formula is C21H16FN3O4. The molecule has 8 heteroatoms. The van der Waals surface area contributed by atoms with Crippen molar-refractivity contribution < 1.29 is 18.7 Å². The molecule has 7 nitrogen and oxygen atoms in total. The zero-order valence-electron chi connectivity index (χ0n) is 15.5. The summed E-state index contributed by atoms with van der Waals surface area (Å²) in [5.41, 5.74) is 3.52. The Bertz CT molecular complexity index is 1280. The fourth-order valence-corrected chi connectivity index (χ4v) is 4.20. The minimum Gasteiger partial charge on any atom is -0.460 e. The molecule has 0 aliphatic carbocycles. The number of hydrogen-bond acceptors (Lipinski definition) is 5. The summed E-state index contributed by atoms with van der Waals surface area (Å²) in [6.07, 6.45) is 0.947. The average Bonchev–Trinajstić information content (AvgIpc) is 3.05. The number of rotatable bonds is 3. The number of esters is 1. The number of aromatic nitrogens is 2. The molecule has 0 saturated carbocycles. The number of fused-ring (bicyclic) bond motifs is 5. The minimum absolute atomic E-state index is 0.0263. The van der Waals surface area contributed by atoms with Crippen molar-refractivity contribution in [1.29, 1.82) is 0 Å². The molecule has 1 amide bonds. The maximum Gasteiger partial charge on any atom is 0.313 e. The molecule has 3 aromatic rings. The van der Waals surface area contributed by atoms with Crippen molar-refractivity contribution in [3.05, 3.63) is 57.1 Å². The summed E-state index contributed by atoms with van der Waals surface area (Å²) in [6, 6.07) is 6.46. The van der Waals surface area contributed by atoms with E-state index in [4.69, 9.17) is 4.74 Å². The van der Waals surface area contributed by atoms with Crippen molar-refractivity contribution in [3.63, 3.8) is 0 Å². The number of carbonyl (C=O) groups excluding carboxylic acids is 2. The quantitative estimate of drug-likeness (QED) is 0.427. The van der Waals surface area contributed by atoms with Crippen LogP contribution in [-0.2, 0) is 27.5 Å². The lowest BCUT2D eigenvalue weighted by molar-refractivity contribution is -0.148. The van der Waals surface area contributed by atoms with Crippen LogP contribution < -0.4 is 10.9 Å². The molecule has 1 atom stereocenters. The lowest BCUT2D eigenvalue weighted by Crippen LogP contribution is -2.32. The molecule has 4 heterocycles. The second-order valence-corrected chi connectivity index (χ2v) is 7.21. The molecule has 29 heavy (non-hydrogen) atoms. The Morgan fingerprint density at radius 1 is 1.31 bits per heavy atom. The summed E-state index contributed by atoms with van der Waals surface area (Å²) in [4.78, 5) is 40.4. The molecule has 5 rings (SSSR count). The Hall–Kier alpha value is -3.55. The van der Waals surface area contributed by atoms with E-state index < -0.39 is 11.7 Å². The van der Waals surface area contributed by atoms with Crippen molar-refractivity contribution in [2.45, 2.75) is 32.4 Å². The normalized spacial score (nSPS) is 16.8. The molecule has 0 fully saturated rings. The van der Waals surface area contributed by atoms with E-state index in [1.807, 2.05) is 19.1 Å². The molecule has 146 valence electrons. The van der Waals surface area contributed by atoms with Gasteiger partial charge in [-0.25, -0.2) is 9.37 Å². The molecule has 0 saturated heterocycles. The van der Waals surface area contributed by atoms with Crippen LogP contribution in [0.2, 0.25) is 0 Å². The summed E-state index contributed by atoms with van der Waals surface area (Å²) in [7, 11) is 0. The van der Waals surface area contributed by atoms with E-state index in [1.165, 1.54) is 12.1 Å². The Balaban J connectivity index is 1.72. The number of ether oxygens (including phenoxy) is 1. The van der Waals surface area contributed by atoms with Crippen LogP contribution in [0.4, 0.5) is 10.1 Å².